The van der Waals surface area contributed by atoms with Gasteiger partial charge in [-0.15, -0.1) is 0 Å². The molecule has 0 bridgehead atoms. The minimum Gasteiger partial charge on any atom is -0.497 e. The summed E-state index contributed by atoms with van der Waals surface area (Å²) < 4.78 is 5.13. The number of nitrogens with zero attached hydrogens (tertiary/aromatic N) is 2. The van der Waals surface area contributed by atoms with E-state index in [0.717, 1.165) is 23.4 Å². The molecule has 27 heavy (non-hydrogen) atoms. The molecule has 0 aromatic heterocycles. The molecule has 2 aromatic rings. The van der Waals surface area contributed by atoms with Crippen molar-refractivity contribution in [2.24, 2.45) is 11.0 Å². The van der Waals surface area contributed by atoms with E-state index in [-0.39, 0.29) is 18.2 Å². The number of carbonyl (C=O) groups excluding carboxylic acids is 2. The molecule has 2 amide bonds. The van der Waals surface area contributed by atoms with E-state index in [9.17, 15) is 9.59 Å². The number of amides is 2. The average Bonchev–Trinajstić information content (AvgIpc) is 3.10. The summed E-state index contributed by atoms with van der Waals surface area (Å²) >= 11 is 0. The molecular formula is C21H23N3O3. The highest BCUT2D eigenvalue weighted by Crippen LogP contribution is 2.26. The lowest BCUT2D eigenvalue weighted by Crippen LogP contribution is -2.30. The molecule has 6 nitrogen and oxygen atoms in total. The molecular weight excluding hydrogens is 342 g/mol. The number of ether oxygens (including phenoxy) is 1. The van der Waals surface area contributed by atoms with Crippen LogP contribution in [0.15, 0.2) is 53.6 Å². The summed E-state index contributed by atoms with van der Waals surface area (Å²) in [5.41, 5.74) is 5.47. The van der Waals surface area contributed by atoms with Crippen LogP contribution in [-0.4, -0.2) is 31.7 Å². The van der Waals surface area contributed by atoms with Gasteiger partial charge in [0, 0.05) is 18.7 Å². The lowest BCUT2D eigenvalue weighted by molar-refractivity contribution is -0.126. The maximum absolute atomic E-state index is 12.3. The number of carbonyl (C=O) groups is 2. The van der Waals surface area contributed by atoms with E-state index in [1.165, 1.54) is 5.56 Å². The number of hydrogen-bond donors (Lipinski definition) is 1. The van der Waals surface area contributed by atoms with Crippen molar-refractivity contribution in [2.75, 3.05) is 18.6 Å². The van der Waals surface area contributed by atoms with Gasteiger partial charge in [0.2, 0.25) is 11.8 Å². The van der Waals surface area contributed by atoms with Gasteiger partial charge in [-0.3, -0.25) is 9.59 Å². The van der Waals surface area contributed by atoms with Crippen LogP contribution < -0.4 is 15.1 Å². The molecule has 2 aromatic carbocycles. The third-order valence-corrected chi connectivity index (χ3v) is 4.66. The van der Waals surface area contributed by atoms with Gasteiger partial charge in [0.25, 0.3) is 0 Å². The molecule has 1 saturated heterocycles. The Morgan fingerprint density at radius 3 is 2.56 bits per heavy atom. The summed E-state index contributed by atoms with van der Waals surface area (Å²) in [4.78, 5) is 26.2. The van der Waals surface area contributed by atoms with Crippen LogP contribution in [-0.2, 0) is 16.0 Å². The number of methoxy groups -OCH3 is 1. The Balaban J connectivity index is 1.57. The first-order valence-corrected chi connectivity index (χ1v) is 8.97. The number of rotatable bonds is 6. The molecule has 1 atom stereocenters. The second-order valence-electron chi connectivity index (χ2n) is 6.43. The topological polar surface area (TPSA) is 71.0 Å². The zero-order chi connectivity index (χ0) is 19.2. The second-order valence-corrected chi connectivity index (χ2v) is 6.43. The lowest BCUT2D eigenvalue weighted by atomic mass is 10.1. The van der Waals surface area contributed by atoms with Crippen molar-refractivity contribution in [1.82, 2.24) is 5.43 Å². The fourth-order valence-electron chi connectivity index (χ4n) is 3.00. The minimum atomic E-state index is -0.417. The van der Waals surface area contributed by atoms with Gasteiger partial charge in [0.15, 0.2) is 0 Å². The van der Waals surface area contributed by atoms with Crippen LogP contribution in [0.25, 0.3) is 0 Å². The van der Waals surface area contributed by atoms with E-state index in [2.05, 4.69) is 17.5 Å². The summed E-state index contributed by atoms with van der Waals surface area (Å²) in [7, 11) is 1.59. The third kappa shape index (κ3) is 4.53. The van der Waals surface area contributed by atoms with Crippen molar-refractivity contribution in [3.05, 3.63) is 59.7 Å². The molecule has 140 valence electrons. The van der Waals surface area contributed by atoms with E-state index in [1.807, 2.05) is 36.4 Å². The van der Waals surface area contributed by atoms with Crippen LogP contribution >= 0.6 is 0 Å². The monoisotopic (exact) mass is 365 g/mol. The van der Waals surface area contributed by atoms with Crippen molar-refractivity contribution in [2.45, 2.75) is 19.8 Å². The predicted octanol–water partition coefficient (Wildman–Crippen LogP) is 2.76. The average molecular weight is 365 g/mol. The van der Waals surface area contributed by atoms with Crippen molar-refractivity contribution >= 4 is 23.7 Å². The van der Waals surface area contributed by atoms with E-state index >= 15 is 0 Å². The maximum Gasteiger partial charge on any atom is 0.245 e. The first-order chi connectivity index (χ1) is 13.1. The quantitative estimate of drug-likeness (QED) is 0.632. The third-order valence-electron chi connectivity index (χ3n) is 4.66. The molecule has 1 N–H and O–H groups in total. The van der Waals surface area contributed by atoms with Crippen molar-refractivity contribution in [3.63, 3.8) is 0 Å². The standard InChI is InChI=1S/C21H23N3O3/c1-3-15-4-6-16(7-5-15)13-22-23-21(26)17-12-20(25)24(14-17)18-8-10-19(27-2)11-9-18/h4-11,13,17H,3,12,14H2,1-2H3,(H,23,26)/b22-13+/t17-/m1/s1. The van der Waals surface area contributed by atoms with E-state index in [4.69, 9.17) is 4.74 Å². The number of benzene rings is 2. The molecule has 1 aliphatic rings. The van der Waals surface area contributed by atoms with Gasteiger partial charge in [0.1, 0.15) is 5.75 Å². The summed E-state index contributed by atoms with van der Waals surface area (Å²) in [6.45, 7) is 2.44. The summed E-state index contributed by atoms with van der Waals surface area (Å²) in [5, 5.41) is 4.02. The predicted molar refractivity (Wildman–Crippen MR) is 105 cm³/mol. The van der Waals surface area contributed by atoms with Crippen LogP contribution in [0.5, 0.6) is 5.75 Å². The molecule has 1 fully saturated rings. The molecule has 0 unspecified atom stereocenters. The van der Waals surface area contributed by atoms with Crippen LogP contribution in [0.2, 0.25) is 0 Å². The largest absolute Gasteiger partial charge is 0.497 e. The normalized spacial score (nSPS) is 16.7. The smallest absolute Gasteiger partial charge is 0.245 e. The molecule has 6 heteroatoms. The molecule has 0 radical (unpaired) electrons. The number of anilines is 1. The summed E-state index contributed by atoms with van der Waals surface area (Å²) in [6.07, 6.45) is 2.77. The van der Waals surface area contributed by atoms with E-state index < -0.39 is 5.92 Å². The van der Waals surface area contributed by atoms with Crippen LogP contribution in [0.4, 0.5) is 5.69 Å². The Morgan fingerprint density at radius 2 is 1.93 bits per heavy atom. The SMILES string of the molecule is CCc1ccc(/C=N/NC(=O)[C@@H]2CC(=O)N(c3ccc(OC)cc3)C2)cc1. The Labute approximate surface area is 158 Å². The van der Waals surface area contributed by atoms with Crippen LogP contribution in [0, 0.1) is 5.92 Å². The second kappa shape index (κ2) is 8.49. The Bertz CT molecular complexity index is 829. The zero-order valence-electron chi connectivity index (χ0n) is 15.5. The van der Waals surface area contributed by atoms with Crippen molar-refractivity contribution < 1.29 is 14.3 Å². The maximum atomic E-state index is 12.3. The van der Waals surface area contributed by atoms with Crippen molar-refractivity contribution in [1.29, 1.82) is 0 Å². The van der Waals surface area contributed by atoms with Gasteiger partial charge in [-0.05, 0) is 41.8 Å². The number of hydrogen-bond acceptors (Lipinski definition) is 4. The fraction of sp³-hybridized carbons (Fsp3) is 0.286. The first-order valence-electron chi connectivity index (χ1n) is 8.97. The molecule has 0 saturated carbocycles. The van der Waals surface area contributed by atoms with Gasteiger partial charge in [0.05, 0.1) is 19.2 Å². The Morgan fingerprint density at radius 1 is 1.22 bits per heavy atom. The van der Waals surface area contributed by atoms with Gasteiger partial charge in [-0.1, -0.05) is 31.2 Å². The molecule has 0 spiro atoms. The van der Waals surface area contributed by atoms with E-state index in [1.54, 1.807) is 30.4 Å². The number of nitrogens with one attached hydrogen (secondary N) is 1. The summed E-state index contributed by atoms with van der Waals surface area (Å²) in [6, 6.07) is 15.2. The van der Waals surface area contributed by atoms with Crippen LogP contribution in [0.3, 0.4) is 0 Å². The van der Waals surface area contributed by atoms with Gasteiger partial charge in [-0.2, -0.15) is 5.10 Å². The summed E-state index contributed by atoms with van der Waals surface area (Å²) in [5.74, 6) is -0.0135. The lowest BCUT2D eigenvalue weighted by Gasteiger charge is -2.16. The molecule has 1 aliphatic heterocycles. The fourth-order valence-corrected chi connectivity index (χ4v) is 3.00. The van der Waals surface area contributed by atoms with Crippen LogP contribution in [0.1, 0.15) is 24.5 Å². The van der Waals surface area contributed by atoms with E-state index in [0.29, 0.717) is 6.54 Å². The van der Waals surface area contributed by atoms with Gasteiger partial charge in [-0.25, -0.2) is 5.43 Å². The minimum absolute atomic E-state index is 0.0700. The highest BCUT2D eigenvalue weighted by molar-refractivity contribution is 6.00. The Hall–Kier alpha value is -3.15. The van der Waals surface area contributed by atoms with Crippen molar-refractivity contribution in [3.8, 4) is 5.75 Å². The number of hydrazone groups is 1. The van der Waals surface area contributed by atoms with Gasteiger partial charge < -0.3 is 9.64 Å². The first kappa shape index (κ1) is 18.6. The Kier molecular flexibility index (Phi) is 5.86. The van der Waals surface area contributed by atoms with Gasteiger partial charge >= 0.3 is 0 Å². The molecule has 0 aliphatic carbocycles. The molecule has 1 heterocycles. The highest BCUT2D eigenvalue weighted by atomic mass is 16.5. The molecule has 3 rings (SSSR count). The highest BCUT2D eigenvalue weighted by Gasteiger charge is 2.35. The number of aryl methyl sites for hydroxylation is 1. The zero-order valence-corrected chi connectivity index (χ0v) is 15.5.